The summed E-state index contributed by atoms with van der Waals surface area (Å²) in [4.78, 5) is 2.39. The normalized spacial score (nSPS) is 19.7. The summed E-state index contributed by atoms with van der Waals surface area (Å²) < 4.78 is 0. The van der Waals surface area contributed by atoms with Gasteiger partial charge in [0, 0.05) is 19.3 Å². The van der Waals surface area contributed by atoms with E-state index in [1.165, 1.54) is 43.6 Å². The van der Waals surface area contributed by atoms with Gasteiger partial charge >= 0.3 is 0 Å². The summed E-state index contributed by atoms with van der Waals surface area (Å²) in [5, 5.41) is 3.50. The topological polar surface area (TPSA) is 15.3 Å². The van der Waals surface area contributed by atoms with Crippen molar-refractivity contribution in [1.82, 2.24) is 5.32 Å². The highest BCUT2D eigenvalue weighted by atomic mass is 15.1. The van der Waals surface area contributed by atoms with E-state index in [1.54, 1.807) is 0 Å². The Balaban J connectivity index is 1.83. The fraction of sp³-hybridized carbons (Fsp3) is 0.647. The van der Waals surface area contributed by atoms with Gasteiger partial charge in [0.15, 0.2) is 0 Å². The maximum Gasteiger partial charge on any atom is 0.0363 e. The first kappa shape index (κ1) is 14.4. The molecule has 1 heterocycles. The first-order valence-corrected chi connectivity index (χ1v) is 7.68. The zero-order valence-corrected chi connectivity index (χ0v) is 12.7. The van der Waals surface area contributed by atoms with E-state index < -0.39 is 0 Å². The molecule has 1 aliphatic rings. The quantitative estimate of drug-likeness (QED) is 0.869. The Kier molecular flexibility index (Phi) is 5.26. The number of benzene rings is 1. The first-order chi connectivity index (χ1) is 9.16. The van der Waals surface area contributed by atoms with E-state index >= 15 is 0 Å². The molecule has 0 aromatic heterocycles. The molecule has 0 saturated carbocycles. The molecular formula is C17H28N2. The number of nitrogens with zero attached hydrogens (tertiary/aromatic N) is 1. The number of piperidine rings is 1. The molecule has 0 radical (unpaired) electrons. The van der Waals surface area contributed by atoms with E-state index in [0.29, 0.717) is 5.92 Å². The number of nitrogens with one attached hydrogen (secondary N) is 1. The van der Waals surface area contributed by atoms with E-state index in [1.807, 2.05) is 0 Å². The van der Waals surface area contributed by atoms with Gasteiger partial charge in [0.25, 0.3) is 0 Å². The van der Waals surface area contributed by atoms with E-state index in [2.05, 4.69) is 55.4 Å². The molecular weight excluding hydrogens is 232 g/mol. The van der Waals surface area contributed by atoms with Crippen molar-refractivity contribution >= 4 is 5.69 Å². The van der Waals surface area contributed by atoms with Crippen molar-refractivity contribution in [3.63, 3.8) is 0 Å². The minimum Gasteiger partial charge on any atom is -0.375 e. The molecule has 1 N–H and O–H groups in total. The Hall–Kier alpha value is -1.02. The van der Waals surface area contributed by atoms with Gasteiger partial charge in [-0.25, -0.2) is 0 Å². The molecule has 0 bridgehead atoms. The second-order valence-corrected chi connectivity index (χ2v) is 6.17. The zero-order valence-electron chi connectivity index (χ0n) is 12.7. The predicted molar refractivity (Wildman–Crippen MR) is 84.0 cm³/mol. The second kappa shape index (κ2) is 6.95. The van der Waals surface area contributed by atoms with Gasteiger partial charge in [0.2, 0.25) is 0 Å². The zero-order chi connectivity index (χ0) is 13.7. The van der Waals surface area contributed by atoms with Gasteiger partial charge in [-0.1, -0.05) is 26.0 Å². The van der Waals surface area contributed by atoms with Gasteiger partial charge < -0.3 is 10.2 Å². The van der Waals surface area contributed by atoms with E-state index in [-0.39, 0.29) is 0 Å². The lowest BCUT2D eigenvalue weighted by Gasteiger charge is -2.26. The average molecular weight is 260 g/mol. The summed E-state index contributed by atoms with van der Waals surface area (Å²) in [6.45, 7) is 8.07. The van der Waals surface area contributed by atoms with Crippen LogP contribution in [0.1, 0.15) is 44.6 Å². The highest BCUT2D eigenvalue weighted by Crippen LogP contribution is 2.21. The minimum absolute atomic E-state index is 0.618. The molecule has 2 rings (SSSR count). The molecule has 1 fully saturated rings. The average Bonchev–Trinajstić information content (AvgIpc) is 2.46. The first-order valence-electron chi connectivity index (χ1n) is 7.68. The molecule has 1 unspecified atom stereocenters. The third-order valence-corrected chi connectivity index (χ3v) is 4.27. The lowest BCUT2D eigenvalue weighted by Crippen LogP contribution is -2.32. The molecule has 0 aliphatic carbocycles. The monoisotopic (exact) mass is 260 g/mol. The third kappa shape index (κ3) is 4.24. The van der Waals surface area contributed by atoms with Crippen molar-refractivity contribution in [2.24, 2.45) is 5.92 Å². The fourth-order valence-electron chi connectivity index (χ4n) is 2.79. The highest BCUT2D eigenvalue weighted by Gasteiger charge is 2.13. The Morgan fingerprint density at radius 3 is 2.58 bits per heavy atom. The summed E-state index contributed by atoms with van der Waals surface area (Å²) in [7, 11) is 2.21. The van der Waals surface area contributed by atoms with Gasteiger partial charge in [0.1, 0.15) is 0 Å². The molecule has 0 spiro atoms. The van der Waals surface area contributed by atoms with Crippen LogP contribution in [0.25, 0.3) is 0 Å². The molecule has 0 amide bonds. The van der Waals surface area contributed by atoms with Crippen LogP contribution < -0.4 is 10.2 Å². The van der Waals surface area contributed by atoms with Crippen molar-refractivity contribution in [2.45, 2.75) is 39.0 Å². The van der Waals surface area contributed by atoms with E-state index in [0.717, 1.165) is 12.5 Å². The summed E-state index contributed by atoms with van der Waals surface area (Å²) in [5.41, 5.74) is 2.77. The minimum atomic E-state index is 0.618. The summed E-state index contributed by atoms with van der Waals surface area (Å²) in [6, 6.07) is 9.04. The van der Waals surface area contributed by atoms with Crippen LogP contribution in [0.3, 0.4) is 0 Å². The van der Waals surface area contributed by atoms with Crippen LogP contribution >= 0.6 is 0 Å². The van der Waals surface area contributed by atoms with Gasteiger partial charge in [-0.2, -0.15) is 0 Å². The predicted octanol–water partition coefficient (Wildman–Crippen LogP) is 3.64. The molecule has 106 valence electrons. The Morgan fingerprint density at radius 2 is 2.00 bits per heavy atom. The van der Waals surface area contributed by atoms with Crippen LogP contribution in [0, 0.1) is 5.92 Å². The fourth-order valence-corrected chi connectivity index (χ4v) is 2.79. The third-order valence-electron chi connectivity index (χ3n) is 4.27. The number of rotatable bonds is 5. The standard InChI is InChI=1S/C17H28N2/c1-14(2)16-6-8-17(9-7-16)19(3)12-10-15-5-4-11-18-13-15/h6-9,14-15,18H,4-5,10-13H2,1-3H3. The van der Waals surface area contributed by atoms with Crippen LogP contribution in [0.5, 0.6) is 0 Å². The van der Waals surface area contributed by atoms with Crippen molar-refractivity contribution in [3.8, 4) is 0 Å². The highest BCUT2D eigenvalue weighted by molar-refractivity contribution is 5.47. The molecule has 1 saturated heterocycles. The van der Waals surface area contributed by atoms with Gasteiger partial charge in [-0.15, -0.1) is 0 Å². The van der Waals surface area contributed by atoms with Crippen LogP contribution in [0.15, 0.2) is 24.3 Å². The largest absolute Gasteiger partial charge is 0.375 e. The van der Waals surface area contributed by atoms with Gasteiger partial charge in [-0.05, 0) is 61.9 Å². The van der Waals surface area contributed by atoms with Crippen LogP contribution in [-0.2, 0) is 0 Å². The van der Waals surface area contributed by atoms with Crippen LogP contribution in [0.2, 0.25) is 0 Å². The van der Waals surface area contributed by atoms with Gasteiger partial charge in [-0.3, -0.25) is 0 Å². The summed E-state index contributed by atoms with van der Waals surface area (Å²) >= 11 is 0. The van der Waals surface area contributed by atoms with Crippen molar-refractivity contribution in [3.05, 3.63) is 29.8 Å². The Labute approximate surface area is 118 Å². The molecule has 2 heteroatoms. The molecule has 1 atom stereocenters. The van der Waals surface area contributed by atoms with Crippen molar-refractivity contribution < 1.29 is 0 Å². The number of hydrogen-bond donors (Lipinski definition) is 1. The Bertz CT molecular complexity index is 363. The molecule has 2 nitrogen and oxygen atoms in total. The van der Waals surface area contributed by atoms with E-state index in [9.17, 15) is 0 Å². The van der Waals surface area contributed by atoms with Crippen LogP contribution in [0.4, 0.5) is 5.69 Å². The lowest BCUT2D eigenvalue weighted by atomic mass is 9.96. The maximum absolute atomic E-state index is 3.50. The Morgan fingerprint density at radius 1 is 1.26 bits per heavy atom. The SMILES string of the molecule is CC(C)c1ccc(N(C)CCC2CCCNC2)cc1. The molecule has 1 aromatic carbocycles. The molecule has 19 heavy (non-hydrogen) atoms. The summed E-state index contributed by atoms with van der Waals surface area (Å²) in [5.74, 6) is 1.49. The summed E-state index contributed by atoms with van der Waals surface area (Å²) in [6.07, 6.45) is 4.04. The smallest absolute Gasteiger partial charge is 0.0363 e. The molecule has 1 aliphatic heterocycles. The van der Waals surface area contributed by atoms with E-state index in [4.69, 9.17) is 0 Å². The van der Waals surface area contributed by atoms with Crippen molar-refractivity contribution in [2.75, 3.05) is 31.6 Å². The number of anilines is 1. The number of hydrogen-bond acceptors (Lipinski definition) is 2. The lowest BCUT2D eigenvalue weighted by molar-refractivity contribution is 0.360. The molecule has 1 aromatic rings. The van der Waals surface area contributed by atoms with Gasteiger partial charge in [0.05, 0.1) is 0 Å². The van der Waals surface area contributed by atoms with Crippen LogP contribution in [-0.4, -0.2) is 26.7 Å². The second-order valence-electron chi connectivity index (χ2n) is 6.17. The van der Waals surface area contributed by atoms with Crippen molar-refractivity contribution in [1.29, 1.82) is 0 Å². The maximum atomic E-state index is 3.50.